The van der Waals surface area contributed by atoms with Crippen LogP contribution in [0.1, 0.15) is 10.4 Å². The smallest absolute Gasteiger partial charge is 0.328 e. The first-order valence-electron chi connectivity index (χ1n) is 5.11. The van der Waals surface area contributed by atoms with Gasteiger partial charge in [-0.25, -0.2) is 9.78 Å². The van der Waals surface area contributed by atoms with Crippen molar-refractivity contribution in [3.63, 3.8) is 0 Å². The molecule has 1 aromatic heterocycles. The van der Waals surface area contributed by atoms with Gasteiger partial charge in [0.15, 0.2) is 6.04 Å². The van der Waals surface area contributed by atoms with Gasteiger partial charge in [-0.15, -0.1) is 0 Å². The first-order valence-corrected chi connectivity index (χ1v) is 5.11. The van der Waals surface area contributed by atoms with Gasteiger partial charge in [0.05, 0.1) is 19.3 Å². The summed E-state index contributed by atoms with van der Waals surface area (Å²) in [6.07, 6.45) is 1.31. The summed E-state index contributed by atoms with van der Waals surface area (Å²) >= 11 is 0. The summed E-state index contributed by atoms with van der Waals surface area (Å²) in [5.41, 5.74) is 0.248. The Labute approximate surface area is 104 Å². The molecule has 1 aromatic rings. The summed E-state index contributed by atoms with van der Waals surface area (Å²) in [6.45, 7) is -0.106. The fourth-order valence-corrected chi connectivity index (χ4v) is 1.22. The van der Waals surface area contributed by atoms with Crippen LogP contribution >= 0.6 is 0 Å². The van der Waals surface area contributed by atoms with Crippen LogP contribution in [0.15, 0.2) is 18.3 Å². The second kappa shape index (κ2) is 6.55. The predicted octanol–water partition coefficient (Wildman–Crippen LogP) is -0.0804. The molecule has 0 spiro atoms. The largest absolute Gasteiger partial charge is 0.481 e. The molecule has 0 fully saturated rings. The maximum absolute atomic E-state index is 11.7. The van der Waals surface area contributed by atoms with E-state index in [0.717, 1.165) is 0 Å². The van der Waals surface area contributed by atoms with Crippen molar-refractivity contribution in [2.45, 2.75) is 6.04 Å². The van der Waals surface area contributed by atoms with E-state index in [0.29, 0.717) is 5.88 Å². The van der Waals surface area contributed by atoms with Crippen LogP contribution in [0.3, 0.4) is 0 Å². The Morgan fingerprint density at radius 2 is 2.17 bits per heavy atom. The van der Waals surface area contributed by atoms with Crippen molar-refractivity contribution in [2.75, 3.05) is 20.8 Å². The van der Waals surface area contributed by atoms with Crippen LogP contribution in [0.4, 0.5) is 0 Å². The second-order valence-corrected chi connectivity index (χ2v) is 3.41. The lowest BCUT2D eigenvalue weighted by Gasteiger charge is -2.13. The van der Waals surface area contributed by atoms with E-state index in [2.05, 4.69) is 10.3 Å². The zero-order valence-electron chi connectivity index (χ0n) is 10.0. The first-order chi connectivity index (χ1) is 8.58. The monoisotopic (exact) mass is 254 g/mol. The van der Waals surface area contributed by atoms with Crippen LogP contribution in [0.5, 0.6) is 5.88 Å². The van der Waals surface area contributed by atoms with Crippen LogP contribution in [0, 0.1) is 0 Å². The number of amides is 1. The van der Waals surface area contributed by atoms with Gasteiger partial charge >= 0.3 is 5.97 Å². The molecule has 1 amide bonds. The van der Waals surface area contributed by atoms with Crippen molar-refractivity contribution in [1.29, 1.82) is 0 Å². The van der Waals surface area contributed by atoms with Gasteiger partial charge in [0.2, 0.25) is 5.88 Å². The Morgan fingerprint density at radius 1 is 1.44 bits per heavy atom. The van der Waals surface area contributed by atoms with E-state index in [9.17, 15) is 9.59 Å². The quantitative estimate of drug-likeness (QED) is 0.736. The third-order valence-corrected chi connectivity index (χ3v) is 2.14. The minimum Gasteiger partial charge on any atom is -0.481 e. The Bertz CT molecular complexity index is 418. The molecule has 18 heavy (non-hydrogen) atoms. The molecule has 0 aliphatic rings. The van der Waals surface area contributed by atoms with Gasteiger partial charge in [0, 0.05) is 19.4 Å². The minimum absolute atomic E-state index is 0.106. The average molecular weight is 254 g/mol. The van der Waals surface area contributed by atoms with Crippen LogP contribution in [-0.4, -0.2) is 48.8 Å². The molecule has 0 aliphatic carbocycles. The lowest BCUT2D eigenvalue weighted by molar-refractivity contribution is -0.140. The number of carbonyl (C=O) groups excluding carboxylic acids is 1. The number of aromatic nitrogens is 1. The highest BCUT2D eigenvalue weighted by Gasteiger charge is 2.20. The lowest BCUT2D eigenvalue weighted by atomic mass is 10.2. The van der Waals surface area contributed by atoms with Gasteiger partial charge in [0.1, 0.15) is 0 Å². The predicted molar refractivity (Wildman–Crippen MR) is 61.6 cm³/mol. The van der Waals surface area contributed by atoms with Gasteiger partial charge in [-0.05, 0) is 6.07 Å². The van der Waals surface area contributed by atoms with Crippen molar-refractivity contribution in [1.82, 2.24) is 10.3 Å². The molecule has 1 rings (SSSR count). The summed E-state index contributed by atoms with van der Waals surface area (Å²) in [7, 11) is 2.82. The SMILES string of the molecule is COCC(NC(=O)c1ccc(OC)nc1)C(=O)O. The third-order valence-electron chi connectivity index (χ3n) is 2.14. The van der Waals surface area contributed by atoms with Gasteiger partial charge in [-0.1, -0.05) is 0 Å². The van der Waals surface area contributed by atoms with E-state index in [4.69, 9.17) is 14.6 Å². The number of pyridine rings is 1. The Hall–Kier alpha value is -2.15. The molecule has 2 N–H and O–H groups in total. The van der Waals surface area contributed by atoms with E-state index in [1.165, 1.54) is 32.5 Å². The zero-order chi connectivity index (χ0) is 13.5. The van der Waals surface area contributed by atoms with Crippen molar-refractivity contribution in [3.05, 3.63) is 23.9 Å². The number of hydrogen-bond donors (Lipinski definition) is 2. The van der Waals surface area contributed by atoms with Crippen molar-refractivity contribution in [3.8, 4) is 5.88 Å². The number of ether oxygens (including phenoxy) is 2. The number of rotatable bonds is 6. The second-order valence-electron chi connectivity index (χ2n) is 3.41. The molecule has 0 aliphatic heterocycles. The van der Waals surface area contributed by atoms with Crippen molar-refractivity contribution < 1.29 is 24.2 Å². The summed E-state index contributed by atoms with van der Waals surface area (Å²) in [4.78, 5) is 26.4. The van der Waals surface area contributed by atoms with Crippen molar-refractivity contribution >= 4 is 11.9 Å². The molecule has 0 aromatic carbocycles. The van der Waals surface area contributed by atoms with Gasteiger partial charge in [0.25, 0.3) is 5.91 Å². The number of methoxy groups -OCH3 is 2. The van der Waals surface area contributed by atoms with Crippen molar-refractivity contribution in [2.24, 2.45) is 0 Å². The molecular weight excluding hydrogens is 240 g/mol. The van der Waals surface area contributed by atoms with E-state index < -0.39 is 17.9 Å². The molecule has 1 unspecified atom stereocenters. The molecule has 0 radical (unpaired) electrons. The topological polar surface area (TPSA) is 97.8 Å². The van der Waals surface area contributed by atoms with Gasteiger partial charge < -0.3 is 19.9 Å². The summed E-state index contributed by atoms with van der Waals surface area (Å²) in [5, 5.41) is 11.2. The number of nitrogens with zero attached hydrogens (tertiary/aromatic N) is 1. The highest BCUT2D eigenvalue weighted by molar-refractivity contribution is 5.96. The van der Waals surface area contributed by atoms with Crippen LogP contribution in [0.25, 0.3) is 0 Å². The highest BCUT2D eigenvalue weighted by Crippen LogP contribution is 2.06. The third kappa shape index (κ3) is 3.70. The number of aliphatic carboxylic acids is 1. The van der Waals surface area contributed by atoms with Gasteiger partial charge in [-0.3, -0.25) is 4.79 Å². The summed E-state index contributed by atoms with van der Waals surface area (Å²) in [6, 6.07) is 1.91. The molecule has 0 saturated heterocycles. The Kier molecular flexibility index (Phi) is 5.06. The molecule has 98 valence electrons. The van der Waals surface area contributed by atoms with Crippen LogP contribution in [0.2, 0.25) is 0 Å². The summed E-state index contributed by atoms with van der Waals surface area (Å²) < 4.78 is 9.56. The molecule has 1 atom stereocenters. The average Bonchev–Trinajstić information content (AvgIpc) is 2.38. The van der Waals surface area contributed by atoms with E-state index in [1.54, 1.807) is 0 Å². The molecule has 7 nitrogen and oxygen atoms in total. The minimum atomic E-state index is -1.16. The Morgan fingerprint density at radius 3 is 2.61 bits per heavy atom. The highest BCUT2D eigenvalue weighted by atomic mass is 16.5. The Balaban J connectivity index is 2.70. The lowest BCUT2D eigenvalue weighted by Crippen LogP contribution is -2.43. The maximum atomic E-state index is 11.7. The molecule has 7 heteroatoms. The molecular formula is C11H14N2O5. The number of carbonyl (C=O) groups is 2. The molecule has 0 saturated carbocycles. The zero-order valence-corrected chi connectivity index (χ0v) is 10.0. The van der Waals surface area contributed by atoms with Gasteiger partial charge in [-0.2, -0.15) is 0 Å². The number of carboxylic acids is 1. The number of carboxylic acid groups (broad SMARTS) is 1. The molecule has 1 heterocycles. The van der Waals surface area contributed by atoms with E-state index in [1.807, 2.05) is 0 Å². The standard InChI is InChI=1S/C11H14N2O5/c1-17-6-8(11(15)16)13-10(14)7-3-4-9(18-2)12-5-7/h3-5,8H,6H2,1-2H3,(H,13,14)(H,15,16). The van der Waals surface area contributed by atoms with Crippen LogP contribution in [-0.2, 0) is 9.53 Å². The molecule has 0 bridgehead atoms. The summed E-state index contributed by atoms with van der Waals surface area (Å²) in [5.74, 6) is -1.32. The fourth-order valence-electron chi connectivity index (χ4n) is 1.22. The van der Waals surface area contributed by atoms with E-state index >= 15 is 0 Å². The fraction of sp³-hybridized carbons (Fsp3) is 0.364. The maximum Gasteiger partial charge on any atom is 0.328 e. The van der Waals surface area contributed by atoms with Crippen LogP contribution < -0.4 is 10.1 Å². The first kappa shape index (κ1) is 13.9. The normalized spacial score (nSPS) is 11.7. The number of nitrogens with one attached hydrogen (secondary N) is 1. The number of hydrogen-bond acceptors (Lipinski definition) is 5. The van der Waals surface area contributed by atoms with E-state index in [-0.39, 0.29) is 12.2 Å².